The van der Waals surface area contributed by atoms with Gasteiger partial charge in [-0.1, -0.05) is 37.6 Å². The summed E-state index contributed by atoms with van der Waals surface area (Å²) < 4.78 is 5.78. The van der Waals surface area contributed by atoms with Crippen LogP contribution in [-0.2, 0) is 6.61 Å². The van der Waals surface area contributed by atoms with Crippen LogP contribution in [0.3, 0.4) is 0 Å². The molecule has 4 nitrogen and oxygen atoms in total. The number of hydrogen-bond acceptors (Lipinski definition) is 4. The van der Waals surface area contributed by atoms with Gasteiger partial charge in [-0.15, -0.1) is 0 Å². The summed E-state index contributed by atoms with van der Waals surface area (Å²) in [7, 11) is 0. The van der Waals surface area contributed by atoms with Crippen molar-refractivity contribution >= 4 is 17.4 Å². The summed E-state index contributed by atoms with van der Waals surface area (Å²) in [4.78, 5) is 8.92. The van der Waals surface area contributed by atoms with E-state index < -0.39 is 0 Å². The summed E-state index contributed by atoms with van der Waals surface area (Å²) in [6.45, 7) is 7.43. The second-order valence-corrected chi connectivity index (χ2v) is 5.49. The third-order valence-electron chi connectivity index (χ3n) is 2.89. The second-order valence-electron chi connectivity index (χ2n) is 5.05. The molecule has 1 aromatic carbocycles. The van der Waals surface area contributed by atoms with Crippen LogP contribution < -0.4 is 10.1 Å². The Bertz CT molecular complexity index is 585. The Labute approximate surface area is 130 Å². The lowest BCUT2D eigenvalue weighted by atomic mass is 10.2. The number of benzene rings is 1. The maximum absolute atomic E-state index is 5.87. The quantitative estimate of drug-likeness (QED) is 0.866. The minimum atomic E-state index is 0.251. The Hall–Kier alpha value is -1.81. The van der Waals surface area contributed by atoms with Crippen LogP contribution >= 0.6 is 11.6 Å². The minimum Gasteiger partial charge on any atom is -0.473 e. The molecule has 1 heterocycles. The fourth-order valence-corrected chi connectivity index (χ4v) is 1.91. The molecule has 112 valence electrons. The number of ether oxygens (including phenoxy) is 1. The molecule has 0 atom stereocenters. The van der Waals surface area contributed by atoms with E-state index in [-0.39, 0.29) is 5.92 Å². The Morgan fingerprint density at radius 1 is 1.19 bits per heavy atom. The van der Waals surface area contributed by atoms with E-state index >= 15 is 0 Å². The molecule has 2 aromatic rings. The molecule has 0 unspecified atom stereocenters. The van der Waals surface area contributed by atoms with Gasteiger partial charge in [0.25, 0.3) is 0 Å². The molecule has 0 aliphatic rings. The van der Waals surface area contributed by atoms with Crippen molar-refractivity contribution in [1.82, 2.24) is 9.97 Å². The third kappa shape index (κ3) is 4.60. The Kier molecular flexibility index (Phi) is 5.39. The summed E-state index contributed by atoms with van der Waals surface area (Å²) in [6.07, 6.45) is 0. The predicted octanol–water partition coefficient (Wildman–Crippen LogP) is 4.26. The average Bonchev–Trinajstić information content (AvgIpc) is 2.47. The van der Waals surface area contributed by atoms with Gasteiger partial charge in [0, 0.05) is 23.6 Å². The largest absolute Gasteiger partial charge is 0.473 e. The fourth-order valence-electron chi connectivity index (χ4n) is 1.78. The van der Waals surface area contributed by atoms with Crippen molar-refractivity contribution in [2.45, 2.75) is 33.3 Å². The summed E-state index contributed by atoms with van der Waals surface area (Å²) in [5.41, 5.74) is 1.05. The van der Waals surface area contributed by atoms with Gasteiger partial charge in [-0.05, 0) is 24.6 Å². The number of aromatic nitrogens is 2. The van der Waals surface area contributed by atoms with Crippen molar-refractivity contribution in [2.75, 3.05) is 11.9 Å². The molecule has 21 heavy (non-hydrogen) atoms. The Morgan fingerprint density at radius 3 is 2.52 bits per heavy atom. The summed E-state index contributed by atoms with van der Waals surface area (Å²) in [5, 5.41) is 3.92. The lowest BCUT2D eigenvalue weighted by molar-refractivity contribution is 0.292. The summed E-state index contributed by atoms with van der Waals surface area (Å²) >= 11 is 5.87. The lowest BCUT2D eigenvalue weighted by Crippen LogP contribution is -2.07. The van der Waals surface area contributed by atoms with Crippen LogP contribution in [0.4, 0.5) is 5.82 Å². The van der Waals surface area contributed by atoms with E-state index in [2.05, 4.69) is 29.1 Å². The van der Waals surface area contributed by atoms with Crippen molar-refractivity contribution in [1.29, 1.82) is 0 Å². The van der Waals surface area contributed by atoms with E-state index in [1.165, 1.54) is 0 Å². The first kappa shape index (κ1) is 15.6. The van der Waals surface area contributed by atoms with Crippen LogP contribution in [0.15, 0.2) is 30.3 Å². The smallest absolute Gasteiger partial charge is 0.219 e. The third-order valence-corrected chi connectivity index (χ3v) is 3.15. The molecule has 1 N–H and O–H groups in total. The fraction of sp³-hybridized carbons (Fsp3) is 0.375. The van der Waals surface area contributed by atoms with Gasteiger partial charge in [-0.2, -0.15) is 4.98 Å². The van der Waals surface area contributed by atoms with Gasteiger partial charge in [-0.3, -0.25) is 0 Å². The van der Waals surface area contributed by atoms with Gasteiger partial charge in [-0.25, -0.2) is 4.98 Å². The first-order valence-corrected chi connectivity index (χ1v) is 7.46. The Balaban J connectivity index is 2.12. The van der Waals surface area contributed by atoms with Crippen LogP contribution in [0, 0.1) is 0 Å². The number of rotatable bonds is 6. The molecule has 0 aliphatic carbocycles. The maximum atomic E-state index is 5.87. The number of hydrogen-bond donors (Lipinski definition) is 1. The SMILES string of the molecule is CCNc1cc(OCc2ccc(Cl)cc2)nc(C(C)C)n1. The second kappa shape index (κ2) is 7.27. The molecule has 1 aromatic heterocycles. The van der Waals surface area contributed by atoms with E-state index in [0.29, 0.717) is 12.5 Å². The van der Waals surface area contributed by atoms with Gasteiger partial charge in [0.1, 0.15) is 18.2 Å². The molecule has 0 spiro atoms. The highest BCUT2D eigenvalue weighted by Crippen LogP contribution is 2.19. The number of nitrogens with one attached hydrogen (secondary N) is 1. The van der Waals surface area contributed by atoms with Gasteiger partial charge in [0.15, 0.2) is 0 Å². The Morgan fingerprint density at radius 2 is 1.90 bits per heavy atom. The molecule has 0 saturated heterocycles. The molecule has 0 amide bonds. The van der Waals surface area contributed by atoms with E-state index in [9.17, 15) is 0 Å². The minimum absolute atomic E-state index is 0.251. The van der Waals surface area contributed by atoms with E-state index in [4.69, 9.17) is 16.3 Å². The number of halogens is 1. The summed E-state index contributed by atoms with van der Waals surface area (Å²) in [5.74, 6) is 2.41. The highest BCUT2D eigenvalue weighted by molar-refractivity contribution is 6.30. The van der Waals surface area contributed by atoms with Crippen LogP contribution in [0.25, 0.3) is 0 Å². The molecule has 5 heteroatoms. The first-order valence-electron chi connectivity index (χ1n) is 7.08. The molecule has 0 saturated carbocycles. The first-order chi connectivity index (χ1) is 10.1. The molecular weight excluding hydrogens is 286 g/mol. The topological polar surface area (TPSA) is 47.0 Å². The van der Waals surface area contributed by atoms with Crippen molar-refractivity contribution < 1.29 is 4.74 Å². The van der Waals surface area contributed by atoms with Gasteiger partial charge >= 0.3 is 0 Å². The highest BCUT2D eigenvalue weighted by Gasteiger charge is 2.09. The zero-order valence-corrected chi connectivity index (χ0v) is 13.3. The lowest BCUT2D eigenvalue weighted by Gasteiger charge is -2.11. The van der Waals surface area contributed by atoms with Crippen LogP contribution in [0.1, 0.15) is 38.1 Å². The molecule has 0 bridgehead atoms. The van der Waals surface area contributed by atoms with Crippen LogP contribution in [-0.4, -0.2) is 16.5 Å². The zero-order chi connectivity index (χ0) is 15.2. The van der Waals surface area contributed by atoms with Gasteiger partial charge in [0.2, 0.25) is 5.88 Å². The van der Waals surface area contributed by atoms with Crippen molar-refractivity contribution in [3.63, 3.8) is 0 Å². The number of nitrogens with zero attached hydrogens (tertiary/aromatic N) is 2. The van der Waals surface area contributed by atoms with E-state index in [0.717, 1.165) is 28.8 Å². The molecule has 0 radical (unpaired) electrons. The van der Waals surface area contributed by atoms with Crippen LogP contribution in [0.2, 0.25) is 5.02 Å². The van der Waals surface area contributed by atoms with Gasteiger partial charge in [0.05, 0.1) is 0 Å². The standard InChI is InChI=1S/C16H20ClN3O/c1-4-18-14-9-15(20-16(19-14)11(2)3)21-10-12-5-7-13(17)8-6-12/h5-9,11H,4,10H2,1-3H3,(H,18,19,20). The van der Waals surface area contributed by atoms with Gasteiger partial charge < -0.3 is 10.1 Å². The highest BCUT2D eigenvalue weighted by atomic mass is 35.5. The monoisotopic (exact) mass is 305 g/mol. The molecular formula is C16H20ClN3O. The number of anilines is 1. The van der Waals surface area contributed by atoms with Crippen LogP contribution in [0.5, 0.6) is 5.88 Å². The van der Waals surface area contributed by atoms with Crippen molar-refractivity contribution in [3.05, 3.63) is 46.7 Å². The molecule has 0 fully saturated rings. The van der Waals surface area contributed by atoms with Crippen molar-refractivity contribution in [2.24, 2.45) is 0 Å². The maximum Gasteiger partial charge on any atom is 0.219 e. The van der Waals surface area contributed by atoms with E-state index in [1.807, 2.05) is 37.3 Å². The average molecular weight is 306 g/mol. The summed E-state index contributed by atoms with van der Waals surface area (Å²) in [6, 6.07) is 9.41. The van der Waals surface area contributed by atoms with Crippen molar-refractivity contribution in [3.8, 4) is 5.88 Å². The molecule has 0 aliphatic heterocycles. The zero-order valence-electron chi connectivity index (χ0n) is 12.6. The normalized spacial score (nSPS) is 10.7. The predicted molar refractivity (Wildman–Crippen MR) is 86.1 cm³/mol. The molecule has 2 rings (SSSR count). The van der Waals surface area contributed by atoms with E-state index in [1.54, 1.807) is 0 Å².